The first-order valence-corrected chi connectivity index (χ1v) is 5.84. The second kappa shape index (κ2) is 4.72. The molecule has 4 heteroatoms. The average Bonchev–Trinajstić information content (AvgIpc) is 2.24. The van der Waals surface area contributed by atoms with Crippen LogP contribution in [0.15, 0.2) is 18.2 Å². The number of hydrogen-bond acceptors (Lipinski definition) is 3. The van der Waals surface area contributed by atoms with Crippen molar-refractivity contribution in [2.75, 3.05) is 26.7 Å². The Bertz CT molecular complexity index is 377. The molecule has 1 fully saturated rings. The van der Waals surface area contributed by atoms with E-state index in [2.05, 4.69) is 11.9 Å². The van der Waals surface area contributed by atoms with Gasteiger partial charge in [-0.3, -0.25) is 0 Å². The van der Waals surface area contributed by atoms with Gasteiger partial charge in [-0.25, -0.2) is 0 Å². The molecular weight excluding hydrogens is 224 g/mol. The molecule has 0 bridgehead atoms. The van der Waals surface area contributed by atoms with Crippen LogP contribution < -0.4 is 5.73 Å². The standard InChI is InChI=1S/C12H17ClN2O/c1-15-5-9(6-15)10-3-2-8(4-11(10)13)12(14)7-16/h2-4,9,12,16H,5-7,14H2,1H3. The fraction of sp³-hybridized carbons (Fsp3) is 0.500. The van der Waals surface area contributed by atoms with Crippen LogP contribution in [0.4, 0.5) is 0 Å². The summed E-state index contributed by atoms with van der Waals surface area (Å²) in [5.41, 5.74) is 7.82. The maximum atomic E-state index is 8.97. The van der Waals surface area contributed by atoms with Gasteiger partial charge in [-0.15, -0.1) is 0 Å². The molecule has 1 aromatic rings. The van der Waals surface area contributed by atoms with E-state index in [1.165, 1.54) is 5.56 Å². The maximum absolute atomic E-state index is 8.97. The van der Waals surface area contributed by atoms with Crippen LogP contribution in [-0.4, -0.2) is 36.8 Å². The molecule has 0 radical (unpaired) electrons. The Balaban J connectivity index is 2.17. The van der Waals surface area contributed by atoms with Crippen molar-refractivity contribution in [2.24, 2.45) is 5.73 Å². The number of likely N-dealkylation sites (tertiary alicyclic amines) is 1. The number of aliphatic hydroxyl groups excluding tert-OH is 1. The van der Waals surface area contributed by atoms with Crippen LogP contribution in [0.1, 0.15) is 23.1 Å². The van der Waals surface area contributed by atoms with Gasteiger partial charge in [0.1, 0.15) is 0 Å². The van der Waals surface area contributed by atoms with Gasteiger partial charge in [0, 0.05) is 24.0 Å². The van der Waals surface area contributed by atoms with Crippen molar-refractivity contribution in [3.63, 3.8) is 0 Å². The lowest BCUT2D eigenvalue weighted by Crippen LogP contribution is -2.41. The van der Waals surface area contributed by atoms with Gasteiger partial charge in [-0.1, -0.05) is 23.7 Å². The van der Waals surface area contributed by atoms with E-state index in [0.29, 0.717) is 5.92 Å². The summed E-state index contributed by atoms with van der Waals surface area (Å²) in [6.45, 7) is 2.07. The molecule has 88 valence electrons. The summed E-state index contributed by atoms with van der Waals surface area (Å²) in [4.78, 5) is 2.26. The topological polar surface area (TPSA) is 49.5 Å². The Morgan fingerprint density at radius 2 is 2.25 bits per heavy atom. The molecular formula is C12H17ClN2O. The van der Waals surface area contributed by atoms with Gasteiger partial charge in [0.25, 0.3) is 0 Å². The highest BCUT2D eigenvalue weighted by molar-refractivity contribution is 6.31. The molecule has 3 N–H and O–H groups in total. The summed E-state index contributed by atoms with van der Waals surface area (Å²) < 4.78 is 0. The highest BCUT2D eigenvalue weighted by Gasteiger charge is 2.26. The number of aliphatic hydroxyl groups is 1. The van der Waals surface area contributed by atoms with Crippen LogP contribution in [0.25, 0.3) is 0 Å². The molecule has 16 heavy (non-hydrogen) atoms. The quantitative estimate of drug-likeness (QED) is 0.839. The Morgan fingerprint density at radius 3 is 2.75 bits per heavy atom. The van der Waals surface area contributed by atoms with Gasteiger partial charge < -0.3 is 15.7 Å². The predicted octanol–water partition coefficient (Wildman–Crippen LogP) is 1.36. The predicted molar refractivity (Wildman–Crippen MR) is 65.7 cm³/mol. The molecule has 1 aromatic carbocycles. The van der Waals surface area contributed by atoms with E-state index in [1.807, 2.05) is 18.2 Å². The van der Waals surface area contributed by atoms with E-state index in [0.717, 1.165) is 23.7 Å². The molecule has 0 amide bonds. The van der Waals surface area contributed by atoms with E-state index in [1.54, 1.807) is 0 Å². The molecule has 0 aliphatic carbocycles. The van der Waals surface area contributed by atoms with E-state index >= 15 is 0 Å². The number of rotatable bonds is 3. The van der Waals surface area contributed by atoms with Crippen molar-refractivity contribution < 1.29 is 5.11 Å². The molecule has 1 saturated heterocycles. The SMILES string of the molecule is CN1CC(c2ccc(C(N)CO)cc2Cl)C1. The minimum Gasteiger partial charge on any atom is -0.394 e. The first-order chi connectivity index (χ1) is 7.61. The largest absolute Gasteiger partial charge is 0.394 e. The van der Waals surface area contributed by atoms with E-state index < -0.39 is 0 Å². The molecule has 1 atom stereocenters. The lowest BCUT2D eigenvalue weighted by atomic mass is 9.91. The van der Waals surface area contributed by atoms with E-state index in [4.69, 9.17) is 22.4 Å². The minimum absolute atomic E-state index is 0.0537. The van der Waals surface area contributed by atoms with Gasteiger partial charge in [0.2, 0.25) is 0 Å². The molecule has 1 aliphatic heterocycles. The van der Waals surface area contributed by atoms with E-state index in [-0.39, 0.29) is 12.6 Å². The fourth-order valence-corrected chi connectivity index (χ4v) is 2.45. The Morgan fingerprint density at radius 1 is 1.56 bits per heavy atom. The van der Waals surface area contributed by atoms with Crippen molar-refractivity contribution in [1.82, 2.24) is 4.90 Å². The van der Waals surface area contributed by atoms with Gasteiger partial charge in [0.05, 0.1) is 12.6 Å². The van der Waals surface area contributed by atoms with Gasteiger partial charge in [-0.05, 0) is 24.2 Å². The Kier molecular flexibility index (Phi) is 3.50. The highest BCUT2D eigenvalue weighted by Crippen LogP contribution is 2.32. The van der Waals surface area contributed by atoms with Crippen molar-refractivity contribution in [3.05, 3.63) is 34.3 Å². The summed E-state index contributed by atoms with van der Waals surface area (Å²) >= 11 is 6.23. The zero-order valence-corrected chi connectivity index (χ0v) is 10.1. The Hall–Kier alpha value is -0.610. The zero-order chi connectivity index (χ0) is 11.7. The first-order valence-electron chi connectivity index (χ1n) is 5.46. The maximum Gasteiger partial charge on any atom is 0.0624 e. The molecule has 0 aromatic heterocycles. The number of hydrogen-bond donors (Lipinski definition) is 2. The van der Waals surface area contributed by atoms with Crippen LogP contribution in [0.5, 0.6) is 0 Å². The normalized spacial score (nSPS) is 19.5. The van der Waals surface area contributed by atoms with Crippen molar-refractivity contribution >= 4 is 11.6 Å². The van der Waals surface area contributed by atoms with Crippen molar-refractivity contribution in [2.45, 2.75) is 12.0 Å². The lowest BCUT2D eigenvalue weighted by molar-refractivity contribution is 0.190. The van der Waals surface area contributed by atoms with E-state index in [9.17, 15) is 0 Å². The number of nitrogens with two attached hydrogens (primary N) is 1. The summed E-state index contributed by atoms with van der Waals surface area (Å²) in [6, 6.07) is 5.53. The Labute approximate surface area is 101 Å². The van der Waals surface area contributed by atoms with Crippen LogP contribution in [0, 0.1) is 0 Å². The molecule has 0 saturated carbocycles. The lowest BCUT2D eigenvalue weighted by Gasteiger charge is -2.37. The summed E-state index contributed by atoms with van der Waals surface area (Å²) in [5.74, 6) is 0.539. The summed E-state index contributed by atoms with van der Waals surface area (Å²) in [6.07, 6.45) is 0. The van der Waals surface area contributed by atoms with Gasteiger partial charge in [-0.2, -0.15) is 0 Å². The molecule has 0 spiro atoms. The average molecular weight is 241 g/mol. The van der Waals surface area contributed by atoms with Crippen LogP contribution in [-0.2, 0) is 0 Å². The van der Waals surface area contributed by atoms with Crippen LogP contribution in [0.3, 0.4) is 0 Å². The third kappa shape index (κ3) is 2.23. The highest BCUT2D eigenvalue weighted by atomic mass is 35.5. The summed E-state index contributed by atoms with van der Waals surface area (Å²) in [7, 11) is 2.10. The summed E-state index contributed by atoms with van der Waals surface area (Å²) in [5, 5.41) is 9.74. The molecule has 1 heterocycles. The second-order valence-corrected chi connectivity index (χ2v) is 4.90. The van der Waals surface area contributed by atoms with Gasteiger partial charge >= 0.3 is 0 Å². The molecule has 2 rings (SSSR count). The van der Waals surface area contributed by atoms with Crippen LogP contribution >= 0.6 is 11.6 Å². The van der Waals surface area contributed by atoms with Gasteiger partial charge in [0.15, 0.2) is 0 Å². The molecule has 1 unspecified atom stereocenters. The number of halogens is 1. The minimum atomic E-state index is -0.337. The van der Waals surface area contributed by atoms with Crippen molar-refractivity contribution in [1.29, 1.82) is 0 Å². The monoisotopic (exact) mass is 240 g/mol. The molecule has 3 nitrogen and oxygen atoms in total. The number of benzene rings is 1. The van der Waals surface area contributed by atoms with Crippen LogP contribution in [0.2, 0.25) is 5.02 Å². The third-order valence-electron chi connectivity index (χ3n) is 3.15. The molecule has 1 aliphatic rings. The fourth-order valence-electron chi connectivity index (χ4n) is 2.11. The smallest absolute Gasteiger partial charge is 0.0624 e. The third-order valence-corrected chi connectivity index (χ3v) is 3.48. The number of likely N-dealkylation sites (N-methyl/N-ethyl adjacent to an activating group) is 1. The number of nitrogens with zero attached hydrogens (tertiary/aromatic N) is 1. The second-order valence-electron chi connectivity index (χ2n) is 4.49. The van der Waals surface area contributed by atoms with Crippen molar-refractivity contribution in [3.8, 4) is 0 Å². The first kappa shape index (κ1) is 11.9. The zero-order valence-electron chi connectivity index (χ0n) is 9.36.